The predicted molar refractivity (Wildman–Crippen MR) is 93.7 cm³/mol. The van der Waals surface area contributed by atoms with Gasteiger partial charge in [-0.05, 0) is 61.1 Å². The summed E-state index contributed by atoms with van der Waals surface area (Å²) in [5.41, 5.74) is 3.46. The average Bonchev–Trinajstić information content (AvgIpc) is 2.54. The molecule has 0 aromatic heterocycles. The number of rotatable bonds is 4. The lowest BCUT2D eigenvalue weighted by molar-refractivity contribution is -0.118. The molecule has 2 aromatic carbocycles. The molecular formula is C18H17Cl2NO2. The van der Waals surface area contributed by atoms with E-state index in [0.29, 0.717) is 15.8 Å². The van der Waals surface area contributed by atoms with Crippen molar-refractivity contribution >= 4 is 34.8 Å². The second-order valence-corrected chi connectivity index (χ2v) is 6.41. The van der Waals surface area contributed by atoms with Crippen molar-refractivity contribution in [3.05, 3.63) is 57.6 Å². The van der Waals surface area contributed by atoms with Crippen molar-refractivity contribution in [3.8, 4) is 5.75 Å². The van der Waals surface area contributed by atoms with Crippen molar-refractivity contribution in [3.63, 3.8) is 0 Å². The number of halogens is 2. The zero-order valence-corrected chi connectivity index (χ0v) is 14.1. The minimum Gasteiger partial charge on any atom is -0.482 e. The highest BCUT2D eigenvalue weighted by atomic mass is 35.5. The van der Waals surface area contributed by atoms with Crippen molar-refractivity contribution in [1.29, 1.82) is 0 Å². The standard InChI is InChI=1S/C18H17Cl2NO2/c19-13-8-9-17(15(20)10-13)23-11-18(22)21-16-7-3-5-12-4-1-2-6-14(12)16/h3,5,7-10H,1-2,4,6,11H2,(H,21,22). The lowest BCUT2D eigenvalue weighted by atomic mass is 9.90. The minimum atomic E-state index is -0.199. The summed E-state index contributed by atoms with van der Waals surface area (Å²) >= 11 is 11.9. The topological polar surface area (TPSA) is 38.3 Å². The Bertz CT molecular complexity index is 731. The Hall–Kier alpha value is -1.71. The molecule has 1 N–H and O–H groups in total. The smallest absolute Gasteiger partial charge is 0.262 e. The number of anilines is 1. The molecule has 0 spiro atoms. The fraction of sp³-hybridized carbons (Fsp3) is 0.278. The zero-order valence-electron chi connectivity index (χ0n) is 12.6. The van der Waals surface area contributed by atoms with Gasteiger partial charge in [0.2, 0.25) is 0 Å². The minimum absolute atomic E-state index is 0.0922. The Morgan fingerprint density at radius 2 is 1.96 bits per heavy atom. The van der Waals surface area contributed by atoms with Crippen LogP contribution < -0.4 is 10.1 Å². The van der Waals surface area contributed by atoms with Crippen molar-refractivity contribution < 1.29 is 9.53 Å². The molecule has 1 aliphatic rings. The molecule has 5 heteroatoms. The number of benzene rings is 2. The number of fused-ring (bicyclic) bond motifs is 1. The van der Waals surface area contributed by atoms with Crippen LogP contribution in [0.4, 0.5) is 5.69 Å². The highest BCUT2D eigenvalue weighted by Gasteiger charge is 2.15. The number of hydrogen-bond donors (Lipinski definition) is 1. The molecule has 3 rings (SSSR count). The van der Waals surface area contributed by atoms with E-state index in [1.54, 1.807) is 18.2 Å². The highest BCUT2D eigenvalue weighted by molar-refractivity contribution is 6.35. The van der Waals surface area contributed by atoms with E-state index in [0.717, 1.165) is 24.9 Å². The molecule has 0 unspecified atom stereocenters. The third-order valence-electron chi connectivity index (χ3n) is 3.92. The van der Waals surface area contributed by atoms with E-state index < -0.39 is 0 Å². The van der Waals surface area contributed by atoms with E-state index in [1.807, 2.05) is 12.1 Å². The van der Waals surface area contributed by atoms with Gasteiger partial charge in [0.1, 0.15) is 5.75 Å². The summed E-state index contributed by atoms with van der Waals surface area (Å²) in [7, 11) is 0. The van der Waals surface area contributed by atoms with Crippen LogP contribution >= 0.6 is 23.2 Å². The first-order chi connectivity index (χ1) is 11.1. The lowest BCUT2D eigenvalue weighted by Crippen LogP contribution is -2.21. The molecule has 0 saturated carbocycles. The van der Waals surface area contributed by atoms with Crippen molar-refractivity contribution in [2.24, 2.45) is 0 Å². The van der Waals surface area contributed by atoms with Gasteiger partial charge in [-0.3, -0.25) is 4.79 Å². The van der Waals surface area contributed by atoms with Crippen LogP contribution in [0.3, 0.4) is 0 Å². The van der Waals surface area contributed by atoms with E-state index >= 15 is 0 Å². The first-order valence-electron chi connectivity index (χ1n) is 7.62. The highest BCUT2D eigenvalue weighted by Crippen LogP contribution is 2.29. The van der Waals surface area contributed by atoms with Crippen LogP contribution in [0.15, 0.2) is 36.4 Å². The monoisotopic (exact) mass is 349 g/mol. The summed E-state index contributed by atoms with van der Waals surface area (Å²) in [6, 6.07) is 11.0. The number of carbonyl (C=O) groups excluding carboxylic acids is 1. The molecule has 23 heavy (non-hydrogen) atoms. The molecule has 1 amide bonds. The maximum absolute atomic E-state index is 12.1. The molecule has 0 bridgehead atoms. The molecule has 0 saturated heterocycles. The molecule has 1 aliphatic carbocycles. The van der Waals surface area contributed by atoms with Gasteiger partial charge in [0.05, 0.1) is 5.02 Å². The molecule has 0 heterocycles. The van der Waals surface area contributed by atoms with Crippen LogP contribution in [0.1, 0.15) is 24.0 Å². The molecule has 0 fully saturated rings. The summed E-state index contributed by atoms with van der Waals surface area (Å²) in [5, 5.41) is 3.86. The first kappa shape index (κ1) is 16.2. The van der Waals surface area contributed by atoms with E-state index in [4.69, 9.17) is 27.9 Å². The van der Waals surface area contributed by atoms with Crippen molar-refractivity contribution in [2.75, 3.05) is 11.9 Å². The number of carbonyl (C=O) groups is 1. The van der Waals surface area contributed by atoms with Crippen LogP contribution in [0, 0.1) is 0 Å². The van der Waals surface area contributed by atoms with Gasteiger partial charge in [-0.25, -0.2) is 0 Å². The van der Waals surface area contributed by atoms with Gasteiger partial charge in [0, 0.05) is 10.7 Å². The SMILES string of the molecule is O=C(COc1ccc(Cl)cc1Cl)Nc1cccc2c1CCCC2. The third kappa shape index (κ3) is 3.98. The Kier molecular flexibility index (Phi) is 5.09. The summed E-state index contributed by atoms with van der Waals surface area (Å²) < 4.78 is 5.47. The third-order valence-corrected chi connectivity index (χ3v) is 4.45. The maximum Gasteiger partial charge on any atom is 0.262 e. The molecule has 0 radical (unpaired) electrons. The zero-order chi connectivity index (χ0) is 16.2. The second-order valence-electron chi connectivity index (χ2n) is 5.56. The van der Waals surface area contributed by atoms with E-state index in [9.17, 15) is 4.79 Å². The van der Waals surface area contributed by atoms with Gasteiger partial charge in [-0.2, -0.15) is 0 Å². The normalized spacial score (nSPS) is 13.3. The number of hydrogen-bond acceptors (Lipinski definition) is 2. The molecule has 2 aromatic rings. The Morgan fingerprint density at radius 3 is 2.78 bits per heavy atom. The quantitative estimate of drug-likeness (QED) is 0.853. The molecule has 120 valence electrons. The second kappa shape index (κ2) is 7.24. The molecular weight excluding hydrogens is 333 g/mol. The number of ether oxygens (including phenoxy) is 1. The Morgan fingerprint density at radius 1 is 1.13 bits per heavy atom. The van der Waals surface area contributed by atoms with E-state index in [2.05, 4.69) is 11.4 Å². The number of amides is 1. The summed E-state index contributed by atoms with van der Waals surface area (Å²) in [5.74, 6) is 0.247. The van der Waals surface area contributed by atoms with Gasteiger partial charge in [0.25, 0.3) is 5.91 Å². The Balaban J connectivity index is 1.64. The van der Waals surface area contributed by atoms with Crippen LogP contribution in [0.25, 0.3) is 0 Å². The number of nitrogens with one attached hydrogen (secondary N) is 1. The van der Waals surface area contributed by atoms with E-state index in [1.165, 1.54) is 17.5 Å². The van der Waals surface area contributed by atoms with Gasteiger partial charge in [0.15, 0.2) is 6.61 Å². The maximum atomic E-state index is 12.1. The van der Waals surface area contributed by atoms with E-state index in [-0.39, 0.29) is 12.5 Å². The molecule has 0 aliphatic heterocycles. The fourth-order valence-electron chi connectivity index (χ4n) is 2.82. The lowest BCUT2D eigenvalue weighted by Gasteiger charge is -2.19. The first-order valence-corrected chi connectivity index (χ1v) is 8.37. The average molecular weight is 350 g/mol. The van der Waals surface area contributed by atoms with Crippen molar-refractivity contribution in [1.82, 2.24) is 0 Å². The fourth-order valence-corrected chi connectivity index (χ4v) is 3.28. The summed E-state index contributed by atoms with van der Waals surface area (Å²) in [6.45, 7) is -0.0922. The summed E-state index contributed by atoms with van der Waals surface area (Å²) in [4.78, 5) is 12.1. The predicted octanol–water partition coefficient (Wildman–Crippen LogP) is 4.89. The molecule has 0 atom stereocenters. The van der Waals surface area contributed by atoms with Crippen molar-refractivity contribution in [2.45, 2.75) is 25.7 Å². The summed E-state index contributed by atoms with van der Waals surface area (Å²) in [6.07, 6.45) is 4.46. The van der Waals surface area contributed by atoms with Crippen LogP contribution in [0.2, 0.25) is 10.0 Å². The molecule has 3 nitrogen and oxygen atoms in total. The Labute approximate surface area is 145 Å². The van der Waals surface area contributed by atoms with Crippen LogP contribution in [-0.4, -0.2) is 12.5 Å². The van der Waals surface area contributed by atoms with Gasteiger partial charge >= 0.3 is 0 Å². The largest absolute Gasteiger partial charge is 0.482 e. The van der Waals surface area contributed by atoms with Gasteiger partial charge in [-0.1, -0.05) is 35.3 Å². The van der Waals surface area contributed by atoms with Gasteiger partial charge in [-0.15, -0.1) is 0 Å². The van der Waals surface area contributed by atoms with Crippen LogP contribution in [0.5, 0.6) is 5.75 Å². The van der Waals surface area contributed by atoms with Crippen LogP contribution in [-0.2, 0) is 17.6 Å². The van der Waals surface area contributed by atoms with Gasteiger partial charge < -0.3 is 10.1 Å². The number of aryl methyl sites for hydroxylation is 1.